The molecule has 0 saturated carbocycles. The number of fused-ring (bicyclic) bond motifs is 1. The van der Waals surface area contributed by atoms with E-state index < -0.39 is 0 Å². The second-order valence-corrected chi connectivity index (χ2v) is 4.73. The van der Waals surface area contributed by atoms with Gasteiger partial charge in [0.05, 0.1) is 24.8 Å². The second kappa shape index (κ2) is 4.91. The van der Waals surface area contributed by atoms with E-state index in [4.69, 9.17) is 27.9 Å². The molecule has 1 aliphatic rings. The molecule has 0 unspecified atom stereocenters. The number of morpholine rings is 1. The highest BCUT2D eigenvalue weighted by Gasteiger charge is 2.17. The van der Waals surface area contributed by atoms with E-state index >= 15 is 0 Å². The number of hydrogen-bond donors (Lipinski definition) is 0. The summed E-state index contributed by atoms with van der Waals surface area (Å²) >= 11 is 11.9. The fourth-order valence-corrected chi connectivity index (χ4v) is 2.37. The number of ether oxygens (including phenoxy) is 1. The lowest BCUT2D eigenvalue weighted by Gasteiger charge is -2.28. The first-order valence-corrected chi connectivity index (χ1v) is 6.63. The van der Waals surface area contributed by atoms with Crippen LogP contribution in [0.5, 0.6) is 0 Å². The van der Waals surface area contributed by atoms with E-state index in [9.17, 15) is 0 Å². The van der Waals surface area contributed by atoms with E-state index in [0.717, 1.165) is 30.2 Å². The van der Waals surface area contributed by atoms with Crippen LogP contribution in [-0.4, -0.2) is 40.9 Å². The van der Waals surface area contributed by atoms with Gasteiger partial charge in [0, 0.05) is 25.2 Å². The van der Waals surface area contributed by atoms with Gasteiger partial charge >= 0.3 is 0 Å². The van der Waals surface area contributed by atoms with Crippen molar-refractivity contribution in [1.82, 2.24) is 14.6 Å². The Labute approximate surface area is 114 Å². The Morgan fingerprint density at radius 2 is 2.06 bits per heavy atom. The molecule has 96 valence electrons. The lowest BCUT2D eigenvalue weighted by molar-refractivity contribution is 0.122. The van der Waals surface area contributed by atoms with Crippen LogP contribution >= 0.6 is 23.2 Å². The van der Waals surface area contributed by atoms with Crippen LogP contribution in [0.25, 0.3) is 5.65 Å². The summed E-state index contributed by atoms with van der Waals surface area (Å²) in [6, 6.07) is 3.67. The van der Waals surface area contributed by atoms with Gasteiger partial charge in [-0.2, -0.15) is 9.61 Å². The molecule has 0 bridgehead atoms. The highest BCUT2D eigenvalue weighted by Crippen LogP contribution is 2.22. The largest absolute Gasteiger partial charge is 0.378 e. The van der Waals surface area contributed by atoms with Gasteiger partial charge in [0.2, 0.25) is 0 Å². The molecule has 7 heteroatoms. The van der Waals surface area contributed by atoms with Crippen molar-refractivity contribution in [2.24, 2.45) is 0 Å². The Bertz CT molecular complexity index is 565. The van der Waals surface area contributed by atoms with Crippen LogP contribution in [0.15, 0.2) is 12.1 Å². The molecule has 2 aromatic heterocycles. The Balaban J connectivity index is 2.10. The number of aromatic nitrogens is 3. The third-order valence-corrected chi connectivity index (χ3v) is 3.37. The average molecular weight is 287 g/mol. The van der Waals surface area contributed by atoms with Gasteiger partial charge in [-0.3, -0.25) is 0 Å². The first-order valence-electron chi connectivity index (χ1n) is 5.72. The van der Waals surface area contributed by atoms with Gasteiger partial charge in [-0.15, -0.1) is 11.6 Å². The summed E-state index contributed by atoms with van der Waals surface area (Å²) in [6.07, 6.45) is 0. The molecular formula is C11H12Cl2N4O. The van der Waals surface area contributed by atoms with Crippen LogP contribution in [0.2, 0.25) is 5.15 Å². The lowest BCUT2D eigenvalue weighted by atomic mass is 10.4. The zero-order chi connectivity index (χ0) is 12.5. The molecule has 2 aromatic rings. The van der Waals surface area contributed by atoms with Gasteiger partial charge in [-0.05, 0) is 0 Å². The molecule has 0 aliphatic carbocycles. The van der Waals surface area contributed by atoms with E-state index in [1.807, 2.05) is 12.1 Å². The molecule has 3 rings (SSSR count). The summed E-state index contributed by atoms with van der Waals surface area (Å²) in [5, 5.41) is 4.89. The van der Waals surface area contributed by atoms with Crippen LogP contribution in [0.1, 0.15) is 5.69 Å². The minimum absolute atomic E-state index is 0.365. The average Bonchev–Trinajstić information content (AvgIpc) is 2.81. The molecular weight excluding hydrogens is 275 g/mol. The van der Waals surface area contributed by atoms with Crippen molar-refractivity contribution in [3.05, 3.63) is 23.0 Å². The summed E-state index contributed by atoms with van der Waals surface area (Å²) in [5.41, 5.74) is 1.51. The van der Waals surface area contributed by atoms with E-state index in [1.165, 1.54) is 0 Å². The molecule has 3 heterocycles. The Morgan fingerprint density at radius 3 is 2.78 bits per heavy atom. The Hall–Kier alpha value is -1.04. The molecule has 0 aromatic carbocycles. The molecule has 1 aliphatic heterocycles. The van der Waals surface area contributed by atoms with Crippen LogP contribution in [0.3, 0.4) is 0 Å². The van der Waals surface area contributed by atoms with Gasteiger partial charge in [0.25, 0.3) is 0 Å². The number of nitrogens with zero attached hydrogens (tertiary/aromatic N) is 4. The minimum atomic E-state index is 0.365. The first-order chi connectivity index (χ1) is 8.78. The Kier molecular flexibility index (Phi) is 3.28. The van der Waals surface area contributed by atoms with Crippen molar-refractivity contribution < 1.29 is 4.74 Å². The van der Waals surface area contributed by atoms with Crippen LogP contribution in [-0.2, 0) is 10.6 Å². The number of hydrogen-bond acceptors (Lipinski definition) is 4. The highest BCUT2D eigenvalue weighted by atomic mass is 35.5. The van der Waals surface area contributed by atoms with Crippen LogP contribution < -0.4 is 4.90 Å². The van der Waals surface area contributed by atoms with Crippen molar-refractivity contribution in [3.63, 3.8) is 0 Å². The molecule has 1 fully saturated rings. The smallest absolute Gasteiger partial charge is 0.159 e. The van der Waals surface area contributed by atoms with Crippen LogP contribution in [0, 0.1) is 0 Å². The standard InChI is InChI=1S/C11H12Cl2N4O/c12-7-8-5-10-14-9(13)6-11(17(10)15-8)16-1-3-18-4-2-16/h5-6H,1-4,7H2. The van der Waals surface area contributed by atoms with Crippen LogP contribution in [0.4, 0.5) is 5.82 Å². The zero-order valence-corrected chi connectivity index (χ0v) is 11.2. The normalized spacial score (nSPS) is 16.4. The number of rotatable bonds is 2. The highest BCUT2D eigenvalue weighted by molar-refractivity contribution is 6.29. The molecule has 18 heavy (non-hydrogen) atoms. The van der Waals surface area contributed by atoms with E-state index in [-0.39, 0.29) is 0 Å². The SMILES string of the molecule is ClCc1cc2nc(Cl)cc(N3CCOCC3)n2n1. The van der Waals surface area contributed by atoms with Gasteiger partial charge in [0.15, 0.2) is 5.65 Å². The van der Waals surface area contributed by atoms with Crippen molar-refractivity contribution >= 4 is 34.7 Å². The maximum Gasteiger partial charge on any atom is 0.159 e. The third kappa shape index (κ3) is 2.13. The summed E-state index contributed by atoms with van der Waals surface area (Å²) < 4.78 is 7.14. The number of anilines is 1. The van der Waals surface area contributed by atoms with Crippen molar-refractivity contribution in [3.8, 4) is 0 Å². The Morgan fingerprint density at radius 1 is 1.28 bits per heavy atom. The molecule has 0 radical (unpaired) electrons. The topological polar surface area (TPSA) is 42.7 Å². The lowest BCUT2D eigenvalue weighted by Crippen LogP contribution is -2.37. The van der Waals surface area contributed by atoms with Crippen molar-refractivity contribution in [2.45, 2.75) is 5.88 Å². The quantitative estimate of drug-likeness (QED) is 0.625. The summed E-state index contributed by atoms with van der Waals surface area (Å²) in [4.78, 5) is 6.44. The van der Waals surface area contributed by atoms with Gasteiger partial charge in [-0.1, -0.05) is 11.6 Å². The maximum absolute atomic E-state index is 6.05. The molecule has 0 spiro atoms. The van der Waals surface area contributed by atoms with Gasteiger partial charge < -0.3 is 9.64 Å². The summed E-state index contributed by atoms with van der Waals surface area (Å²) in [6.45, 7) is 3.08. The van der Waals surface area contributed by atoms with Crippen molar-refractivity contribution in [2.75, 3.05) is 31.2 Å². The number of alkyl halides is 1. The van der Waals surface area contributed by atoms with E-state index in [1.54, 1.807) is 4.52 Å². The van der Waals surface area contributed by atoms with E-state index in [0.29, 0.717) is 24.2 Å². The molecule has 0 atom stereocenters. The minimum Gasteiger partial charge on any atom is -0.378 e. The third-order valence-electron chi connectivity index (χ3n) is 2.90. The molecule has 0 amide bonds. The zero-order valence-electron chi connectivity index (χ0n) is 9.64. The number of halogens is 2. The van der Waals surface area contributed by atoms with Gasteiger partial charge in [-0.25, -0.2) is 4.98 Å². The fraction of sp³-hybridized carbons (Fsp3) is 0.455. The van der Waals surface area contributed by atoms with E-state index in [2.05, 4.69) is 15.0 Å². The monoisotopic (exact) mass is 286 g/mol. The predicted molar refractivity (Wildman–Crippen MR) is 70.6 cm³/mol. The fourth-order valence-electron chi connectivity index (χ4n) is 2.06. The predicted octanol–water partition coefficient (Wildman–Crippen LogP) is 1.96. The maximum atomic E-state index is 6.05. The summed E-state index contributed by atoms with van der Waals surface area (Å²) in [5.74, 6) is 1.30. The second-order valence-electron chi connectivity index (χ2n) is 4.08. The molecule has 5 nitrogen and oxygen atoms in total. The first kappa shape index (κ1) is 12.0. The van der Waals surface area contributed by atoms with Gasteiger partial charge in [0.1, 0.15) is 11.0 Å². The molecule has 1 saturated heterocycles. The molecule has 0 N–H and O–H groups in total. The summed E-state index contributed by atoms with van der Waals surface area (Å²) in [7, 11) is 0. The van der Waals surface area contributed by atoms with Crippen molar-refractivity contribution in [1.29, 1.82) is 0 Å².